The minimum Gasteiger partial charge on any atom is -0.478 e. The fourth-order valence-corrected chi connectivity index (χ4v) is 3.59. The molecule has 3 aromatic carbocycles. The van der Waals surface area contributed by atoms with Crippen molar-refractivity contribution < 1.29 is 22.9 Å². The molecule has 0 heterocycles. The van der Waals surface area contributed by atoms with Crippen molar-refractivity contribution in [1.82, 2.24) is 0 Å². The van der Waals surface area contributed by atoms with Gasteiger partial charge in [0.1, 0.15) is 5.69 Å². The van der Waals surface area contributed by atoms with Crippen LogP contribution in [0.1, 0.15) is 32.6 Å². The number of hydrogen-bond acceptors (Lipinski definition) is 8. The molecule has 176 valence electrons. The van der Waals surface area contributed by atoms with Crippen LogP contribution in [-0.4, -0.2) is 24.0 Å². The van der Waals surface area contributed by atoms with Crippen molar-refractivity contribution in [1.29, 1.82) is 0 Å². The standard InChI is InChI=1S/C23H23N5O5S/c1-12-8-20(13(2)7-18(12)24)27-28-22-10-14(3)21(9-15(22)4)26-25-19-6-5-16(34(31,32)33)11-17(19)23(29)30/h5-11H,24H2,1-4H3,(H,29,30)(H,31,32,33). The second-order valence-electron chi connectivity index (χ2n) is 7.78. The fourth-order valence-electron chi connectivity index (χ4n) is 3.08. The van der Waals surface area contributed by atoms with Gasteiger partial charge in [-0.1, -0.05) is 0 Å². The van der Waals surface area contributed by atoms with Crippen LogP contribution in [0.25, 0.3) is 0 Å². The van der Waals surface area contributed by atoms with Crippen LogP contribution >= 0.6 is 0 Å². The molecule has 4 N–H and O–H groups in total. The van der Waals surface area contributed by atoms with Gasteiger partial charge in [-0.25, -0.2) is 4.79 Å². The van der Waals surface area contributed by atoms with Crippen molar-refractivity contribution in [2.24, 2.45) is 20.5 Å². The number of carboxylic acid groups (broad SMARTS) is 1. The number of azo groups is 2. The lowest BCUT2D eigenvalue weighted by Gasteiger charge is -2.07. The Hall–Kier alpha value is -3.96. The van der Waals surface area contributed by atoms with E-state index in [1.54, 1.807) is 19.1 Å². The predicted octanol–water partition coefficient (Wildman–Crippen LogP) is 6.28. The first-order chi connectivity index (χ1) is 15.9. The van der Waals surface area contributed by atoms with Crippen LogP contribution in [0.15, 0.2) is 67.8 Å². The molecule has 34 heavy (non-hydrogen) atoms. The minimum atomic E-state index is -4.55. The smallest absolute Gasteiger partial charge is 0.338 e. The van der Waals surface area contributed by atoms with Crippen LogP contribution in [-0.2, 0) is 10.1 Å². The molecule has 0 bridgehead atoms. The third-order valence-corrected chi connectivity index (χ3v) is 5.98. The molecule has 0 unspecified atom stereocenters. The molecule has 0 amide bonds. The van der Waals surface area contributed by atoms with E-state index in [4.69, 9.17) is 10.3 Å². The highest BCUT2D eigenvalue weighted by molar-refractivity contribution is 7.85. The summed E-state index contributed by atoms with van der Waals surface area (Å²) in [6, 6.07) is 10.3. The Labute approximate surface area is 196 Å². The van der Waals surface area contributed by atoms with E-state index in [0.717, 1.165) is 40.5 Å². The largest absolute Gasteiger partial charge is 0.478 e. The molecule has 10 nitrogen and oxygen atoms in total. The molecule has 0 radical (unpaired) electrons. The van der Waals surface area contributed by atoms with E-state index in [9.17, 15) is 18.3 Å². The molecule has 0 spiro atoms. The van der Waals surface area contributed by atoms with E-state index in [0.29, 0.717) is 22.7 Å². The molecule has 11 heteroatoms. The first-order valence-corrected chi connectivity index (χ1v) is 11.5. The predicted molar refractivity (Wildman–Crippen MR) is 128 cm³/mol. The summed E-state index contributed by atoms with van der Waals surface area (Å²) in [6.45, 7) is 7.43. The van der Waals surface area contributed by atoms with Crippen molar-refractivity contribution in [2.45, 2.75) is 32.6 Å². The number of hydrogen-bond donors (Lipinski definition) is 3. The lowest BCUT2D eigenvalue weighted by Crippen LogP contribution is -2.02. The van der Waals surface area contributed by atoms with Crippen LogP contribution in [0.2, 0.25) is 0 Å². The first kappa shape index (κ1) is 24.7. The lowest BCUT2D eigenvalue weighted by atomic mass is 10.1. The number of nitrogens with two attached hydrogens (primary N) is 1. The monoisotopic (exact) mass is 481 g/mol. The molecule has 0 saturated heterocycles. The average Bonchev–Trinajstić information content (AvgIpc) is 2.75. The third kappa shape index (κ3) is 5.50. The Morgan fingerprint density at radius 3 is 1.65 bits per heavy atom. The Balaban J connectivity index is 1.93. The van der Waals surface area contributed by atoms with E-state index < -0.39 is 26.5 Å². The molecular weight excluding hydrogens is 458 g/mol. The van der Waals surface area contributed by atoms with Gasteiger partial charge in [-0.15, -0.1) is 5.11 Å². The van der Waals surface area contributed by atoms with Gasteiger partial charge in [0.15, 0.2) is 0 Å². The zero-order valence-electron chi connectivity index (χ0n) is 18.9. The highest BCUT2D eigenvalue weighted by Crippen LogP contribution is 2.33. The summed E-state index contributed by atoms with van der Waals surface area (Å²) in [6.07, 6.45) is 0. The Bertz CT molecular complexity index is 1460. The number of aromatic carboxylic acids is 1. The number of rotatable bonds is 6. The molecule has 0 saturated carbocycles. The quantitative estimate of drug-likeness (QED) is 0.213. The molecule has 0 aliphatic rings. The normalized spacial score (nSPS) is 12.0. The maximum Gasteiger partial charge on any atom is 0.338 e. The summed E-state index contributed by atoms with van der Waals surface area (Å²) in [4.78, 5) is 11.0. The average molecular weight is 482 g/mol. The third-order valence-electron chi connectivity index (χ3n) is 5.13. The maximum atomic E-state index is 11.5. The number of anilines is 1. The highest BCUT2D eigenvalue weighted by atomic mass is 32.2. The van der Waals surface area contributed by atoms with Gasteiger partial charge in [-0.05, 0) is 92.4 Å². The SMILES string of the molecule is Cc1cc(N=Nc2cc(C)c(N=Nc3ccc(S(=O)(=O)O)cc3C(=O)O)cc2C)c(C)cc1N. The Morgan fingerprint density at radius 2 is 1.18 bits per heavy atom. The zero-order valence-corrected chi connectivity index (χ0v) is 19.8. The van der Waals surface area contributed by atoms with Crippen molar-refractivity contribution >= 4 is 44.5 Å². The second-order valence-corrected chi connectivity index (χ2v) is 9.20. The van der Waals surface area contributed by atoms with Crippen LogP contribution in [0, 0.1) is 27.7 Å². The van der Waals surface area contributed by atoms with Crippen molar-refractivity contribution in [3.63, 3.8) is 0 Å². The lowest BCUT2D eigenvalue weighted by molar-refractivity contribution is 0.0697. The Morgan fingerprint density at radius 1 is 0.735 bits per heavy atom. The maximum absolute atomic E-state index is 11.5. The van der Waals surface area contributed by atoms with Crippen molar-refractivity contribution in [3.05, 3.63) is 70.3 Å². The highest BCUT2D eigenvalue weighted by Gasteiger charge is 2.17. The van der Waals surface area contributed by atoms with Gasteiger partial charge in [-0.3, -0.25) is 4.55 Å². The van der Waals surface area contributed by atoms with Gasteiger partial charge >= 0.3 is 5.97 Å². The van der Waals surface area contributed by atoms with Crippen molar-refractivity contribution in [2.75, 3.05) is 5.73 Å². The van der Waals surface area contributed by atoms with E-state index in [1.165, 1.54) is 0 Å². The first-order valence-electron chi connectivity index (χ1n) is 10.0. The summed E-state index contributed by atoms with van der Waals surface area (Å²) >= 11 is 0. The van der Waals surface area contributed by atoms with Gasteiger partial charge in [-0.2, -0.15) is 23.8 Å². The molecule has 0 fully saturated rings. The van der Waals surface area contributed by atoms with E-state index >= 15 is 0 Å². The number of benzene rings is 3. The molecule has 0 aliphatic heterocycles. The van der Waals surface area contributed by atoms with Crippen LogP contribution < -0.4 is 5.73 Å². The van der Waals surface area contributed by atoms with E-state index in [-0.39, 0.29) is 5.69 Å². The van der Waals surface area contributed by atoms with E-state index in [2.05, 4.69) is 20.5 Å². The van der Waals surface area contributed by atoms with Gasteiger partial charge < -0.3 is 10.8 Å². The molecule has 0 aliphatic carbocycles. The number of carbonyl (C=O) groups is 1. The summed E-state index contributed by atoms with van der Waals surface area (Å²) in [5.41, 5.74) is 11.3. The van der Waals surface area contributed by atoms with Crippen LogP contribution in [0.5, 0.6) is 0 Å². The zero-order chi connectivity index (χ0) is 25.2. The summed E-state index contributed by atoms with van der Waals surface area (Å²) in [5, 5.41) is 26.2. The second kappa shape index (κ2) is 9.49. The molecule has 3 rings (SSSR count). The molecule has 0 atom stereocenters. The Kier molecular flexibility index (Phi) is 6.89. The number of nitrogen functional groups attached to an aromatic ring is 1. The summed E-state index contributed by atoms with van der Waals surface area (Å²) in [5.74, 6) is -1.41. The topological polar surface area (TPSA) is 167 Å². The summed E-state index contributed by atoms with van der Waals surface area (Å²) in [7, 11) is -4.55. The molecule has 0 aromatic heterocycles. The number of aryl methyl sites for hydroxylation is 4. The van der Waals surface area contributed by atoms with Crippen molar-refractivity contribution in [3.8, 4) is 0 Å². The van der Waals surface area contributed by atoms with Gasteiger partial charge in [0.25, 0.3) is 10.1 Å². The van der Waals surface area contributed by atoms with Crippen LogP contribution in [0.3, 0.4) is 0 Å². The van der Waals surface area contributed by atoms with Gasteiger partial charge in [0.05, 0.1) is 27.5 Å². The van der Waals surface area contributed by atoms with Gasteiger partial charge in [0, 0.05) is 5.69 Å². The summed E-state index contributed by atoms with van der Waals surface area (Å²) < 4.78 is 31.7. The van der Waals surface area contributed by atoms with Gasteiger partial charge in [0.2, 0.25) is 0 Å². The fraction of sp³-hybridized carbons (Fsp3) is 0.174. The van der Waals surface area contributed by atoms with Crippen LogP contribution in [0.4, 0.5) is 28.4 Å². The number of nitrogens with zero attached hydrogens (tertiary/aromatic N) is 4. The molecular formula is C23H23N5O5S. The molecule has 3 aromatic rings. The number of carboxylic acids is 1. The van der Waals surface area contributed by atoms with E-state index in [1.807, 2.05) is 32.9 Å². The minimum absolute atomic E-state index is 0.0603.